The minimum Gasteiger partial charge on any atom is -0.501 e. The quantitative estimate of drug-likeness (QED) is 0.113. The van der Waals surface area contributed by atoms with E-state index in [9.17, 15) is 0 Å². The first-order valence-electron chi connectivity index (χ1n) is 18.7. The van der Waals surface area contributed by atoms with Crippen LogP contribution < -0.4 is 4.40 Å². The van der Waals surface area contributed by atoms with Gasteiger partial charge in [-0.3, -0.25) is 0 Å². The van der Waals surface area contributed by atoms with E-state index in [1.807, 2.05) is 30.5 Å². The van der Waals surface area contributed by atoms with E-state index in [0.717, 1.165) is 57.3 Å². The Morgan fingerprint density at radius 1 is 0.660 bits per heavy atom. The molecule has 0 spiro atoms. The zero-order valence-corrected chi connectivity index (χ0v) is 37.4. The molecule has 3 nitrogen and oxygen atoms in total. The Labute approximate surface area is 333 Å². The minimum atomic E-state index is -1.86. The van der Waals surface area contributed by atoms with Crippen molar-refractivity contribution in [1.82, 2.24) is 9.97 Å². The van der Waals surface area contributed by atoms with Crippen LogP contribution >= 0.6 is 0 Å². The summed E-state index contributed by atoms with van der Waals surface area (Å²) >= 11 is -1.86. The number of aromatic nitrogens is 2. The van der Waals surface area contributed by atoms with Crippen molar-refractivity contribution in [3.63, 3.8) is 0 Å². The van der Waals surface area contributed by atoms with Crippen molar-refractivity contribution in [3.05, 3.63) is 137 Å². The summed E-state index contributed by atoms with van der Waals surface area (Å²) in [5.41, 5.74) is 14.8. The molecule has 4 aromatic carbocycles. The largest absolute Gasteiger partial charge is 0.501 e. The van der Waals surface area contributed by atoms with Gasteiger partial charge in [-0.05, 0) is 72.7 Å². The number of nitrogens with zero attached hydrogens (tertiary/aromatic N) is 2. The van der Waals surface area contributed by atoms with E-state index in [-0.39, 0.29) is 20.1 Å². The zero-order valence-electron chi connectivity index (χ0n) is 32.9. The predicted molar refractivity (Wildman–Crippen MR) is 224 cm³/mol. The van der Waals surface area contributed by atoms with Gasteiger partial charge in [-0.2, -0.15) is 0 Å². The smallest absolute Gasteiger partial charge is 0.121 e. The van der Waals surface area contributed by atoms with Gasteiger partial charge in [0, 0.05) is 31.7 Å². The summed E-state index contributed by atoms with van der Waals surface area (Å²) < 4.78 is 8.00. The standard InChI is InChI=1S/C30H28NO.C18H24GeN.Ir/c1-18(2)14-23-15-27(31-17-21(23)5)26-11-7-10-25-24-13-12-22(16-28(24)32-30(25)26)29-19(3)8-6-9-20(29)4;1-14(2)11-16-12-18(15-9-7-6-8-10-15)20-13-17(16)19(3,4)5;/h6-10,12-13,15-18H,14H2,1-5H3;6-9,12-14H,11H2,1-5H3;/q2*-1;. The SMILES string of the molecule is CC(C)Cc1cc(-c2[c-]cccc2)nc[c]1[Ge]([CH3])([CH3])[CH3].Cc1cnc(-c2[c-]ccc3c2oc2cc(-c4c(C)cccc4C)ccc23)cc1CC(C)C.[Ir]. The summed E-state index contributed by atoms with van der Waals surface area (Å²) in [6.07, 6.45) is 6.28. The van der Waals surface area contributed by atoms with Gasteiger partial charge in [0.05, 0.1) is 5.58 Å². The molecule has 7 aromatic rings. The Morgan fingerprint density at radius 3 is 2.00 bits per heavy atom. The van der Waals surface area contributed by atoms with Crippen LogP contribution in [0.1, 0.15) is 55.5 Å². The van der Waals surface area contributed by atoms with Gasteiger partial charge in [0.25, 0.3) is 0 Å². The normalized spacial score (nSPS) is 11.5. The van der Waals surface area contributed by atoms with Crippen molar-refractivity contribution in [2.45, 2.75) is 78.6 Å². The average Bonchev–Trinajstić information content (AvgIpc) is 3.47. The third-order valence-corrected chi connectivity index (χ3v) is 14.0. The van der Waals surface area contributed by atoms with Gasteiger partial charge in [0.2, 0.25) is 0 Å². The number of pyridine rings is 2. The number of furan rings is 1. The van der Waals surface area contributed by atoms with E-state index in [1.165, 1.54) is 38.9 Å². The van der Waals surface area contributed by atoms with Crippen molar-refractivity contribution in [2.75, 3.05) is 0 Å². The molecule has 0 fully saturated rings. The average molecular weight is 938 g/mol. The van der Waals surface area contributed by atoms with Gasteiger partial charge in [-0.1, -0.05) is 66.8 Å². The minimum absolute atomic E-state index is 0. The van der Waals surface area contributed by atoms with Gasteiger partial charge in [-0.15, -0.1) is 18.2 Å². The molecule has 0 atom stereocenters. The van der Waals surface area contributed by atoms with Crippen LogP contribution in [0.25, 0.3) is 55.6 Å². The summed E-state index contributed by atoms with van der Waals surface area (Å²) in [4.78, 5) is 9.43. The number of benzene rings is 4. The summed E-state index contributed by atoms with van der Waals surface area (Å²) in [6, 6.07) is 36.3. The van der Waals surface area contributed by atoms with Crippen LogP contribution in [-0.4, -0.2) is 23.2 Å². The van der Waals surface area contributed by atoms with Crippen molar-refractivity contribution in [1.29, 1.82) is 0 Å². The van der Waals surface area contributed by atoms with E-state index >= 15 is 0 Å². The fourth-order valence-electron chi connectivity index (χ4n) is 7.20. The maximum absolute atomic E-state index is 6.46. The molecular weight excluding hydrogens is 885 g/mol. The number of aryl methyl sites for hydroxylation is 3. The molecule has 5 heteroatoms. The second kappa shape index (κ2) is 17.1. The summed E-state index contributed by atoms with van der Waals surface area (Å²) in [5.74, 6) is 8.59. The number of hydrogen-bond donors (Lipinski definition) is 0. The van der Waals surface area contributed by atoms with Crippen molar-refractivity contribution < 1.29 is 24.5 Å². The molecular formula is C48H52GeIrN2O-2. The van der Waals surface area contributed by atoms with Gasteiger partial charge in [-0.25, -0.2) is 0 Å². The molecule has 0 aliphatic carbocycles. The monoisotopic (exact) mass is 939 g/mol. The Morgan fingerprint density at radius 2 is 1.34 bits per heavy atom. The van der Waals surface area contributed by atoms with Gasteiger partial charge >= 0.3 is 126 Å². The van der Waals surface area contributed by atoms with Crippen LogP contribution in [0.15, 0.2) is 102 Å². The molecule has 0 saturated heterocycles. The molecule has 0 N–H and O–H groups in total. The van der Waals surface area contributed by atoms with Crippen molar-refractivity contribution in [2.24, 2.45) is 11.8 Å². The Balaban J connectivity index is 0.000000223. The first-order valence-corrected chi connectivity index (χ1v) is 26.0. The number of fused-ring (bicyclic) bond motifs is 3. The second-order valence-corrected chi connectivity index (χ2v) is 26.7. The Kier molecular flexibility index (Phi) is 13.0. The van der Waals surface area contributed by atoms with Crippen LogP contribution in [0, 0.1) is 44.7 Å². The molecule has 275 valence electrons. The molecule has 7 rings (SSSR count). The second-order valence-electron chi connectivity index (χ2n) is 16.1. The molecule has 3 aromatic heterocycles. The van der Waals surface area contributed by atoms with Crippen LogP contribution in [0.2, 0.25) is 17.3 Å². The summed E-state index contributed by atoms with van der Waals surface area (Å²) in [6.45, 7) is 15.5. The van der Waals surface area contributed by atoms with Gasteiger partial charge in [0.15, 0.2) is 0 Å². The van der Waals surface area contributed by atoms with E-state index in [0.29, 0.717) is 11.8 Å². The molecule has 0 aliphatic rings. The molecule has 3 heterocycles. The molecule has 0 amide bonds. The van der Waals surface area contributed by atoms with E-state index in [1.54, 1.807) is 4.40 Å². The van der Waals surface area contributed by atoms with E-state index in [2.05, 4.69) is 145 Å². The molecule has 0 bridgehead atoms. The molecule has 1 radical (unpaired) electrons. The van der Waals surface area contributed by atoms with Crippen LogP contribution in [0.5, 0.6) is 0 Å². The van der Waals surface area contributed by atoms with Gasteiger partial charge < -0.3 is 9.40 Å². The zero-order chi connectivity index (χ0) is 37.2. The van der Waals surface area contributed by atoms with E-state index < -0.39 is 13.3 Å². The fourth-order valence-corrected chi connectivity index (χ4v) is 10.5. The molecule has 0 aliphatic heterocycles. The summed E-state index contributed by atoms with van der Waals surface area (Å²) in [5, 5.41) is 2.23. The Bertz CT molecular complexity index is 2310. The van der Waals surface area contributed by atoms with Crippen molar-refractivity contribution >= 4 is 39.6 Å². The van der Waals surface area contributed by atoms with Gasteiger partial charge in [0.1, 0.15) is 5.58 Å². The third-order valence-electron chi connectivity index (χ3n) is 9.71. The Hall–Kier alpha value is -3.83. The third kappa shape index (κ3) is 9.28. The maximum atomic E-state index is 6.46. The van der Waals surface area contributed by atoms with E-state index in [4.69, 9.17) is 14.4 Å². The van der Waals surface area contributed by atoms with Crippen molar-refractivity contribution in [3.8, 4) is 33.6 Å². The van der Waals surface area contributed by atoms with Crippen LogP contribution in [0.4, 0.5) is 0 Å². The molecule has 53 heavy (non-hydrogen) atoms. The topological polar surface area (TPSA) is 38.9 Å². The van der Waals surface area contributed by atoms with Crippen LogP contribution in [0.3, 0.4) is 0 Å². The first kappa shape index (κ1) is 40.4. The predicted octanol–water partition coefficient (Wildman–Crippen LogP) is 12.5. The number of hydrogen-bond acceptors (Lipinski definition) is 3. The first-order chi connectivity index (χ1) is 24.8. The van der Waals surface area contributed by atoms with Crippen LogP contribution in [-0.2, 0) is 32.9 Å². The molecule has 0 saturated carbocycles. The molecule has 0 unspecified atom stereocenters. The fraction of sp³-hybridized carbons (Fsp3) is 0.292. The maximum Gasteiger partial charge on any atom is 0.121 e. The summed E-state index contributed by atoms with van der Waals surface area (Å²) in [7, 11) is 0. The number of rotatable bonds is 8.